The van der Waals surface area contributed by atoms with E-state index in [2.05, 4.69) is 36.4 Å². The number of aryl methyl sites for hydroxylation is 2. The lowest BCUT2D eigenvalue weighted by Gasteiger charge is -2.16. The summed E-state index contributed by atoms with van der Waals surface area (Å²) in [7, 11) is 0. The maximum Gasteiger partial charge on any atom is 0.256 e. The highest BCUT2D eigenvalue weighted by molar-refractivity contribution is 5.99. The third kappa shape index (κ3) is 5.05. The fourth-order valence-electron chi connectivity index (χ4n) is 3.99. The molecule has 0 aliphatic carbocycles. The summed E-state index contributed by atoms with van der Waals surface area (Å²) in [5.41, 5.74) is 5.54. The van der Waals surface area contributed by atoms with Crippen molar-refractivity contribution in [3.8, 4) is 0 Å². The molecule has 0 radical (unpaired) electrons. The van der Waals surface area contributed by atoms with Crippen molar-refractivity contribution in [1.29, 1.82) is 0 Å². The zero-order chi connectivity index (χ0) is 21.5. The molecule has 1 unspecified atom stereocenters. The van der Waals surface area contributed by atoms with Crippen molar-refractivity contribution >= 4 is 11.6 Å². The van der Waals surface area contributed by atoms with E-state index >= 15 is 0 Å². The van der Waals surface area contributed by atoms with Gasteiger partial charge in [-0.3, -0.25) is 4.79 Å². The molecule has 0 saturated carbocycles. The van der Waals surface area contributed by atoms with E-state index in [-0.39, 0.29) is 5.91 Å². The van der Waals surface area contributed by atoms with E-state index in [1.165, 1.54) is 18.5 Å². The van der Waals surface area contributed by atoms with Crippen LogP contribution in [0.15, 0.2) is 36.5 Å². The number of benzene rings is 1. The molecule has 1 atom stereocenters. The van der Waals surface area contributed by atoms with Crippen molar-refractivity contribution in [2.24, 2.45) is 0 Å². The largest absolute Gasteiger partial charge is 0.352 e. The Kier molecular flexibility index (Phi) is 7.57. The van der Waals surface area contributed by atoms with Gasteiger partial charge in [-0.05, 0) is 38.3 Å². The predicted molar refractivity (Wildman–Crippen MR) is 120 cm³/mol. The minimum absolute atomic E-state index is 0.0966. The molecule has 0 aliphatic rings. The van der Waals surface area contributed by atoms with Gasteiger partial charge in [0.15, 0.2) is 5.65 Å². The number of quaternary nitrogens is 1. The van der Waals surface area contributed by atoms with Crippen LogP contribution < -0.4 is 10.2 Å². The van der Waals surface area contributed by atoms with Crippen LogP contribution in [-0.4, -0.2) is 46.7 Å². The number of aromatic nitrogens is 3. The van der Waals surface area contributed by atoms with E-state index in [9.17, 15) is 4.79 Å². The van der Waals surface area contributed by atoms with Gasteiger partial charge in [-0.25, -0.2) is 9.50 Å². The van der Waals surface area contributed by atoms with Crippen LogP contribution in [0.5, 0.6) is 0 Å². The monoisotopic (exact) mass is 408 g/mol. The topological polar surface area (TPSA) is 63.7 Å². The van der Waals surface area contributed by atoms with Gasteiger partial charge in [-0.15, -0.1) is 0 Å². The van der Waals surface area contributed by atoms with E-state index in [1.54, 1.807) is 15.6 Å². The van der Waals surface area contributed by atoms with Crippen molar-refractivity contribution < 1.29 is 9.69 Å². The van der Waals surface area contributed by atoms with E-state index in [1.807, 2.05) is 32.0 Å². The smallest absolute Gasteiger partial charge is 0.256 e. The number of rotatable bonds is 10. The summed E-state index contributed by atoms with van der Waals surface area (Å²) in [6.45, 7) is 12.6. The Morgan fingerprint density at radius 2 is 1.90 bits per heavy atom. The van der Waals surface area contributed by atoms with Gasteiger partial charge in [0.2, 0.25) is 0 Å². The first-order valence-electron chi connectivity index (χ1n) is 11.0. The Labute approximate surface area is 179 Å². The fourth-order valence-corrected chi connectivity index (χ4v) is 3.99. The Morgan fingerprint density at radius 3 is 2.60 bits per heavy atom. The first-order chi connectivity index (χ1) is 14.5. The highest BCUT2D eigenvalue weighted by Crippen LogP contribution is 2.20. The lowest BCUT2D eigenvalue weighted by molar-refractivity contribution is -0.898. The summed E-state index contributed by atoms with van der Waals surface area (Å²) in [4.78, 5) is 19.1. The molecule has 0 aliphatic heterocycles. The average molecular weight is 409 g/mol. The van der Waals surface area contributed by atoms with Gasteiger partial charge in [-0.2, -0.15) is 5.10 Å². The molecule has 30 heavy (non-hydrogen) atoms. The highest BCUT2D eigenvalue weighted by atomic mass is 16.1. The molecule has 0 bridgehead atoms. The molecule has 160 valence electrons. The van der Waals surface area contributed by atoms with E-state index < -0.39 is 0 Å². The lowest BCUT2D eigenvalue weighted by atomic mass is 10.0. The van der Waals surface area contributed by atoms with Gasteiger partial charge >= 0.3 is 0 Å². The van der Waals surface area contributed by atoms with Crippen LogP contribution in [0.25, 0.3) is 5.65 Å². The molecule has 3 aromatic rings. The highest BCUT2D eigenvalue weighted by Gasteiger charge is 2.18. The number of fused-ring (bicyclic) bond motifs is 1. The van der Waals surface area contributed by atoms with Crippen molar-refractivity contribution in [3.63, 3.8) is 0 Å². The number of nitrogens with zero attached hydrogens (tertiary/aromatic N) is 3. The fraction of sp³-hybridized carbons (Fsp3) is 0.458. The molecule has 3 rings (SSSR count). The van der Waals surface area contributed by atoms with Crippen LogP contribution in [0.2, 0.25) is 0 Å². The Morgan fingerprint density at radius 1 is 1.13 bits per heavy atom. The van der Waals surface area contributed by atoms with Crippen molar-refractivity contribution in [1.82, 2.24) is 19.9 Å². The number of nitrogens with one attached hydrogen (secondary N) is 2. The molecule has 0 spiro atoms. The second-order valence-electron chi connectivity index (χ2n) is 7.93. The molecular formula is C24H34N5O+. The predicted octanol–water partition coefficient (Wildman–Crippen LogP) is 2.37. The summed E-state index contributed by atoms with van der Waals surface area (Å²) in [5, 5.41) is 7.51. The van der Waals surface area contributed by atoms with Gasteiger partial charge in [0.05, 0.1) is 25.8 Å². The molecule has 2 aromatic heterocycles. The minimum Gasteiger partial charge on any atom is -0.352 e. The second-order valence-corrected chi connectivity index (χ2v) is 7.93. The standard InChI is InChI=1S/C24H33N5O/c1-5-14-28(6-2)15-10-13-25-24(30)22-17-26-29-19(4)21(18(3)27-23(22)29)16-20-11-8-7-9-12-20/h7-9,11-12,17H,5-6,10,13-16H2,1-4H3,(H,25,30)/p+1. The van der Waals surface area contributed by atoms with Crippen LogP contribution in [0, 0.1) is 13.8 Å². The van der Waals surface area contributed by atoms with Crippen LogP contribution >= 0.6 is 0 Å². The maximum absolute atomic E-state index is 12.7. The molecular weight excluding hydrogens is 374 g/mol. The third-order valence-corrected chi connectivity index (χ3v) is 5.77. The maximum atomic E-state index is 12.7. The first kappa shape index (κ1) is 22.0. The normalized spacial score (nSPS) is 12.3. The Hall–Kier alpha value is -2.73. The molecule has 0 saturated heterocycles. The number of hydrogen-bond donors (Lipinski definition) is 2. The molecule has 6 heteroatoms. The number of carbonyl (C=O) groups excluding carboxylic acids is 1. The SMILES string of the molecule is CCC[NH+](CC)CCCNC(=O)c1cnn2c(C)c(Cc3ccccc3)c(C)nc12. The van der Waals surface area contributed by atoms with E-state index in [4.69, 9.17) is 4.98 Å². The van der Waals surface area contributed by atoms with Crippen molar-refractivity contribution in [3.05, 3.63) is 64.6 Å². The van der Waals surface area contributed by atoms with Gasteiger partial charge in [0, 0.05) is 30.8 Å². The average Bonchev–Trinajstić information content (AvgIpc) is 3.18. The number of hydrogen-bond acceptors (Lipinski definition) is 3. The third-order valence-electron chi connectivity index (χ3n) is 5.77. The molecule has 0 fully saturated rings. The second kappa shape index (κ2) is 10.3. The quantitative estimate of drug-likeness (QED) is 0.506. The molecule has 6 nitrogen and oxygen atoms in total. The van der Waals surface area contributed by atoms with E-state index in [0.29, 0.717) is 17.8 Å². The minimum atomic E-state index is -0.0966. The number of amides is 1. The Bertz CT molecular complexity index is 980. The van der Waals surface area contributed by atoms with Gasteiger partial charge < -0.3 is 10.2 Å². The molecule has 1 aromatic carbocycles. The summed E-state index contributed by atoms with van der Waals surface area (Å²) < 4.78 is 1.80. The summed E-state index contributed by atoms with van der Waals surface area (Å²) >= 11 is 0. The lowest BCUT2D eigenvalue weighted by Crippen LogP contribution is -3.11. The summed E-state index contributed by atoms with van der Waals surface area (Å²) in [5.74, 6) is -0.0966. The van der Waals surface area contributed by atoms with Crippen molar-refractivity contribution in [2.45, 2.75) is 47.0 Å². The van der Waals surface area contributed by atoms with Gasteiger partial charge in [0.25, 0.3) is 5.91 Å². The van der Waals surface area contributed by atoms with Gasteiger partial charge in [-0.1, -0.05) is 37.3 Å². The summed E-state index contributed by atoms with van der Waals surface area (Å²) in [6.07, 6.45) is 4.60. The zero-order valence-corrected chi connectivity index (χ0v) is 18.7. The molecule has 1 amide bonds. The number of carbonyl (C=O) groups is 1. The van der Waals surface area contributed by atoms with Crippen LogP contribution in [0.4, 0.5) is 0 Å². The molecule has 2 N–H and O–H groups in total. The summed E-state index contributed by atoms with van der Waals surface area (Å²) in [6, 6.07) is 10.4. The van der Waals surface area contributed by atoms with E-state index in [0.717, 1.165) is 42.9 Å². The van der Waals surface area contributed by atoms with Crippen LogP contribution in [0.1, 0.15) is 59.6 Å². The first-order valence-corrected chi connectivity index (χ1v) is 11.0. The van der Waals surface area contributed by atoms with Gasteiger partial charge in [0.1, 0.15) is 5.56 Å². The Balaban J connectivity index is 1.71. The van der Waals surface area contributed by atoms with Crippen LogP contribution in [0.3, 0.4) is 0 Å². The van der Waals surface area contributed by atoms with Crippen molar-refractivity contribution in [2.75, 3.05) is 26.2 Å². The van der Waals surface area contributed by atoms with Crippen LogP contribution in [-0.2, 0) is 6.42 Å². The molecule has 2 heterocycles. The zero-order valence-electron chi connectivity index (χ0n) is 18.7.